The Morgan fingerprint density at radius 2 is 1.76 bits per heavy atom. The third kappa shape index (κ3) is 8.41. The normalized spacial score (nSPS) is 18.6. The lowest BCUT2D eigenvalue weighted by atomic mass is 9.82. The van der Waals surface area contributed by atoms with Crippen LogP contribution in [0.5, 0.6) is 0 Å². The highest BCUT2D eigenvalue weighted by Crippen LogP contribution is 2.18. The number of hydrogen-bond donors (Lipinski definition) is 4. The molecule has 0 aromatic rings. The molecule has 1 heterocycles. The number of piperidine rings is 1. The van der Waals surface area contributed by atoms with Gasteiger partial charge in [-0.1, -0.05) is 12.8 Å². The van der Waals surface area contributed by atoms with Gasteiger partial charge in [0.2, 0.25) is 0 Å². The summed E-state index contributed by atoms with van der Waals surface area (Å²) in [5.74, 6) is -1.09. The molecule has 0 aromatic carbocycles. The van der Waals surface area contributed by atoms with E-state index in [0.29, 0.717) is 32.0 Å². The number of aliphatic hydroxyl groups is 1. The lowest BCUT2D eigenvalue weighted by Gasteiger charge is -2.29. The molecular weight excluding hydrogens is 273 g/mol. The van der Waals surface area contributed by atoms with Crippen LogP contribution in [0.2, 0.25) is 6.32 Å². The van der Waals surface area contributed by atoms with E-state index in [1.54, 1.807) is 0 Å². The Hall–Kier alpha value is -0.625. The summed E-state index contributed by atoms with van der Waals surface area (Å²) in [7, 11) is -1.29. The second-order valence-electron chi connectivity index (χ2n) is 6.02. The van der Waals surface area contributed by atoms with Gasteiger partial charge in [-0.25, -0.2) is 0 Å². The van der Waals surface area contributed by atoms with E-state index in [9.17, 15) is 15.0 Å². The van der Waals surface area contributed by atoms with Crippen molar-refractivity contribution in [2.45, 2.75) is 57.4 Å². The van der Waals surface area contributed by atoms with E-state index >= 15 is 0 Å². The minimum absolute atomic E-state index is 0.171. The van der Waals surface area contributed by atoms with Crippen molar-refractivity contribution in [2.75, 3.05) is 19.6 Å². The van der Waals surface area contributed by atoms with E-state index in [0.717, 1.165) is 38.9 Å². The van der Waals surface area contributed by atoms with Gasteiger partial charge in [-0.05, 0) is 45.0 Å². The monoisotopic (exact) mass is 301 g/mol. The number of carboxylic acids is 1. The number of carboxylic acid groups (broad SMARTS) is 1. The molecule has 1 unspecified atom stereocenters. The van der Waals surface area contributed by atoms with Crippen LogP contribution in [0, 0.1) is 5.92 Å². The Morgan fingerprint density at radius 1 is 1.14 bits per heavy atom. The molecule has 122 valence electrons. The first-order valence-corrected chi connectivity index (χ1v) is 7.98. The molecule has 0 amide bonds. The summed E-state index contributed by atoms with van der Waals surface area (Å²) in [6.07, 6.45) is 5.23. The molecule has 0 bridgehead atoms. The van der Waals surface area contributed by atoms with Crippen LogP contribution in [0.3, 0.4) is 0 Å². The first kappa shape index (κ1) is 18.4. The van der Waals surface area contributed by atoms with E-state index in [1.165, 1.54) is 0 Å². The van der Waals surface area contributed by atoms with Crippen LogP contribution in [-0.4, -0.2) is 64.0 Å². The van der Waals surface area contributed by atoms with Crippen molar-refractivity contribution < 1.29 is 25.1 Å². The Kier molecular flexibility index (Phi) is 8.91. The van der Waals surface area contributed by atoms with Gasteiger partial charge >= 0.3 is 13.1 Å². The summed E-state index contributed by atoms with van der Waals surface area (Å²) in [5.41, 5.74) is 0. The molecule has 1 aliphatic rings. The molecular formula is C14H28BNO5. The van der Waals surface area contributed by atoms with Crippen molar-refractivity contribution in [3.05, 3.63) is 0 Å². The Morgan fingerprint density at radius 3 is 2.33 bits per heavy atom. The lowest BCUT2D eigenvalue weighted by Crippen LogP contribution is -2.36. The van der Waals surface area contributed by atoms with Crippen LogP contribution in [0.4, 0.5) is 0 Å². The molecule has 0 spiro atoms. The van der Waals surface area contributed by atoms with Crippen LogP contribution in [0.1, 0.15) is 44.9 Å². The second-order valence-corrected chi connectivity index (χ2v) is 6.02. The highest BCUT2D eigenvalue weighted by Gasteiger charge is 2.20. The van der Waals surface area contributed by atoms with Crippen molar-refractivity contribution in [3.8, 4) is 0 Å². The molecule has 1 atom stereocenters. The van der Waals surface area contributed by atoms with Crippen molar-refractivity contribution in [1.29, 1.82) is 0 Å². The van der Waals surface area contributed by atoms with E-state index in [1.807, 2.05) is 0 Å². The van der Waals surface area contributed by atoms with Gasteiger partial charge in [0.15, 0.2) is 0 Å². The van der Waals surface area contributed by atoms with E-state index in [4.69, 9.17) is 10.0 Å². The maximum absolute atomic E-state index is 11.2. The quantitative estimate of drug-likeness (QED) is 0.347. The average Bonchev–Trinajstić information content (AvgIpc) is 2.43. The number of rotatable bonds is 10. The predicted molar refractivity (Wildman–Crippen MR) is 80.9 cm³/mol. The number of carbonyl (C=O) groups is 1. The topological polar surface area (TPSA) is 101 Å². The van der Waals surface area contributed by atoms with Gasteiger partial charge in [-0.3, -0.25) is 4.79 Å². The van der Waals surface area contributed by atoms with Gasteiger partial charge in [-0.15, -0.1) is 0 Å². The number of unbranched alkanes of at least 4 members (excludes halogenated alkanes) is 1. The summed E-state index contributed by atoms with van der Waals surface area (Å²) in [5, 5.41) is 36.1. The summed E-state index contributed by atoms with van der Waals surface area (Å²) < 4.78 is 0. The van der Waals surface area contributed by atoms with Gasteiger partial charge in [0.1, 0.15) is 0 Å². The molecule has 1 rings (SSSR count). The van der Waals surface area contributed by atoms with Crippen molar-refractivity contribution in [2.24, 2.45) is 5.92 Å². The SMILES string of the molecule is O=C(O)C(CCCCB(O)O)CCCN1CCC(O)CC1. The molecule has 1 saturated heterocycles. The molecule has 1 fully saturated rings. The Labute approximate surface area is 126 Å². The molecule has 1 aliphatic heterocycles. The third-order valence-electron chi connectivity index (χ3n) is 4.20. The minimum Gasteiger partial charge on any atom is -0.481 e. The van der Waals surface area contributed by atoms with Crippen LogP contribution >= 0.6 is 0 Å². The van der Waals surface area contributed by atoms with Gasteiger partial charge in [0, 0.05) is 13.1 Å². The van der Waals surface area contributed by atoms with Gasteiger partial charge in [0.05, 0.1) is 12.0 Å². The van der Waals surface area contributed by atoms with Crippen molar-refractivity contribution in [1.82, 2.24) is 4.90 Å². The minimum atomic E-state index is -1.29. The van der Waals surface area contributed by atoms with E-state index in [2.05, 4.69) is 4.90 Å². The number of hydrogen-bond acceptors (Lipinski definition) is 5. The Bertz CT molecular complexity index is 295. The predicted octanol–water partition coefficient (Wildman–Crippen LogP) is 0.567. The van der Waals surface area contributed by atoms with Gasteiger partial charge < -0.3 is 25.2 Å². The maximum atomic E-state index is 11.2. The van der Waals surface area contributed by atoms with Crippen LogP contribution in [0.25, 0.3) is 0 Å². The van der Waals surface area contributed by atoms with Crippen LogP contribution in [-0.2, 0) is 4.79 Å². The lowest BCUT2D eigenvalue weighted by molar-refractivity contribution is -0.142. The molecule has 7 heteroatoms. The largest absolute Gasteiger partial charge is 0.481 e. The smallest absolute Gasteiger partial charge is 0.451 e. The summed E-state index contributed by atoms with van der Waals surface area (Å²) in [6, 6.07) is 0. The van der Waals surface area contributed by atoms with E-state index in [-0.39, 0.29) is 12.0 Å². The van der Waals surface area contributed by atoms with Crippen LogP contribution < -0.4 is 0 Å². The fourth-order valence-corrected chi connectivity index (χ4v) is 2.81. The standard InChI is InChI=1S/C14H28BNO5/c17-13-6-10-16(11-7-13)9-3-5-12(14(18)19)4-1-2-8-15(20)21/h12-13,17,20-21H,1-11H2,(H,18,19). The zero-order valence-corrected chi connectivity index (χ0v) is 12.7. The molecule has 21 heavy (non-hydrogen) atoms. The fourth-order valence-electron chi connectivity index (χ4n) is 2.81. The average molecular weight is 301 g/mol. The maximum Gasteiger partial charge on any atom is 0.451 e. The van der Waals surface area contributed by atoms with E-state index < -0.39 is 13.1 Å². The van der Waals surface area contributed by atoms with Crippen LogP contribution in [0.15, 0.2) is 0 Å². The number of aliphatic carboxylic acids is 1. The number of likely N-dealkylation sites (tertiary alicyclic amines) is 1. The second kappa shape index (κ2) is 10.2. The van der Waals surface area contributed by atoms with Gasteiger partial charge in [-0.2, -0.15) is 0 Å². The van der Waals surface area contributed by atoms with Crippen molar-refractivity contribution >= 4 is 13.1 Å². The molecule has 0 radical (unpaired) electrons. The summed E-state index contributed by atoms with van der Waals surface area (Å²) >= 11 is 0. The first-order chi connectivity index (χ1) is 9.99. The molecule has 0 aromatic heterocycles. The Balaban J connectivity index is 2.14. The summed E-state index contributed by atoms with van der Waals surface area (Å²) in [6.45, 7) is 2.69. The third-order valence-corrected chi connectivity index (χ3v) is 4.20. The highest BCUT2D eigenvalue weighted by molar-refractivity contribution is 6.40. The molecule has 4 N–H and O–H groups in total. The highest BCUT2D eigenvalue weighted by atomic mass is 16.4. The zero-order chi connectivity index (χ0) is 15.7. The number of aliphatic hydroxyl groups excluding tert-OH is 1. The molecule has 0 saturated carbocycles. The zero-order valence-electron chi connectivity index (χ0n) is 12.7. The number of nitrogens with zero attached hydrogens (tertiary/aromatic N) is 1. The molecule has 0 aliphatic carbocycles. The summed E-state index contributed by atoms with van der Waals surface area (Å²) in [4.78, 5) is 13.5. The fraction of sp³-hybridized carbons (Fsp3) is 0.929. The van der Waals surface area contributed by atoms with Gasteiger partial charge in [0.25, 0.3) is 0 Å². The van der Waals surface area contributed by atoms with Crippen molar-refractivity contribution in [3.63, 3.8) is 0 Å². The molecule has 6 nitrogen and oxygen atoms in total. The first-order valence-electron chi connectivity index (χ1n) is 7.98.